The van der Waals surface area contributed by atoms with E-state index >= 15 is 0 Å². The number of rotatable bonds is 52. The fourth-order valence-electron chi connectivity index (χ4n) is 8.09. The van der Waals surface area contributed by atoms with Gasteiger partial charge >= 0.3 is 17.9 Å². The lowest BCUT2D eigenvalue weighted by atomic mass is 10.0. The molecule has 6 heteroatoms. The van der Waals surface area contributed by atoms with Gasteiger partial charge in [-0.05, 0) is 70.6 Å². The summed E-state index contributed by atoms with van der Waals surface area (Å²) in [6.07, 6.45) is 76.8. The van der Waals surface area contributed by atoms with E-state index in [0.29, 0.717) is 19.3 Å². The van der Waals surface area contributed by atoms with Crippen LogP contribution in [0.1, 0.15) is 271 Å². The van der Waals surface area contributed by atoms with Crippen molar-refractivity contribution < 1.29 is 28.6 Å². The van der Waals surface area contributed by atoms with E-state index in [-0.39, 0.29) is 37.5 Å². The van der Waals surface area contributed by atoms with Crippen molar-refractivity contribution in [2.45, 2.75) is 277 Å². The molecule has 0 saturated heterocycles. The number of carbonyl (C=O) groups excluding carboxylic acids is 3. The van der Waals surface area contributed by atoms with Crippen molar-refractivity contribution >= 4 is 17.9 Å². The maximum Gasteiger partial charge on any atom is 0.306 e. The number of esters is 3. The first-order chi connectivity index (χ1) is 34.5. The van der Waals surface area contributed by atoms with Crippen LogP contribution >= 0.6 is 0 Å². The van der Waals surface area contributed by atoms with Crippen LogP contribution in [0.25, 0.3) is 0 Å². The van der Waals surface area contributed by atoms with Crippen LogP contribution in [0.3, 0.4) is 0 Å². The van der Waals surface area contributed by atoms with Gasteiger partial charge in [0.25, 0.3) is 0 Å². The first-order valence-electron chi connectivity index (χ1n) is 29.3. The Morgan fingerprint density at radius 1 is 0.314 bits per heavy atom. The van der Waals surface area contributed by atoms with Crippen molar-refractivity contribution in [3.8, 4) is 0 Å². The Labute approximate surface area is 432 Å². The summed E-state index contributed by atoms with van der Waals surface area (Å²) in [5, 5.41) is 0. The van der Waals surface area contributed by atoms with E-state index in [2.05, 4.69) is 57.2 Å². The Morgan fingerprint density at radius 2 is 0.614 bits per heavy atom. The molecule has 1 atom stereocenters. The van der Waals surface area contributed by atoms with Crippen LogP contribution in [0.5, 0.6) is 0 Å². The monoisotopic (exact) mass is 973 g/mol. The molecule has 0 N–H and O–H groups in total. The lowest BCUT2D eigenvalue weighted by molar-refractivity contribution is -0.167. The maximum absolute atomic E-state index is 12.9. The van der Waals surface area contributed by atoms with Crippen molar-refractivity contribution in [1.82, 2.24) is 0 Å². The number of unbranched alkanes of at least 4 members (excludes halogenated alkanes) is 30. The Morgan fingerprint density at radius 3 is 1.03 bits per heavy atom. The average Bonchev–Trinajstić information content (AvgIpc) is 3.36. The highest BCUT2D eigenvalue weighted by Gasteiger charge is 2.19. The first-order valence-corrected chi connectivity index (χ1v) is 29.3. The third-order valence-corrected chi connectivity index (χ3v) is 12.5. The molecular formula is C64H108O6. The molecule has 0 aromatic heterocycles. The minimum Gasteiger partial charge on any atom is -0.462 e. The Kier molecular flexibility index (Phi) is 54.9. The lowest BCUT2D eigenvalue weighted by Crippen LogP contribution is -2.30. The Hall–Kier alpha value is -3.67. The van der Waals surface area contributed by atoms with Gasteiger partial charge in [-0.15, -0.1) is 0 Å². The minimum absolute atomic E-state index is 0.0969. The second-order valence-corrected chi connectivity index (χ2v) is 19.3. The fourth-order valence-corrected chi connectivity index (χ4v) is 8.09. The van der Waals surface area contributed by atoms with E-state index < -0.39 is 6.10 Å². The zero-order chi connectivity index (χ0) is 50.7. The van der Waals surface area contributed by atoms with E-state index in [0.717, 1.165) is 77.0 Å². The predicted molar refractivity (Wildman–Crippen MR) is 302 cm³/mol. The third-order valence-electron chi connectivity index (χ3n) is 12.5. The van der Waals surface area contributed by atoms with E-state index in [9.17, 15) is 14.4 Å². The highest BCUT2D eigenvalue weighted by Crippen LogP contribution is 2.16. The summed E-state index contributed by atoms with van der Waals surface area (Å²) in [5.74, 6) is -0.942. The summed E-state index contributed by atoms with van der Waals surface area (Å²) in [4.78, 5) is 38.2. The van der Waals surface area contributed by atoms with Crippen molar-refractivity contribution in [3.63, 3.8) is 0 Å². The Bertz CT molecular complexity index is 1400. The molecule has 0 rings (SSSR count). The van der Waals surface area contributed by atoms with Gasteiger partial charge in [0.1, 0.15) is 13.2 Å². The maximum atomic E-state index is 12.9. The summed E-state index contributed by atoms with van der Waals surface area (Å²) in [5.41, 5.74) is 0. The predicted octanol–water partition coefficient (Wildman–Crippen LogP) is 19.7. The SMILES string of the molecule is CC\C=C/C=C\C=C/C=C\C=C\C=C/CCCCCC(=O)OC(COC(=O)CCCCCCCCC/C=C\C/C=C\CCCCC)COC(=O)CCCCCCCCCCCCCCCCCCCC. The normalized spacial score (nSPS) is 12.8. The van der Waals surface area contributed by atoms with Crippen molar-refractivity contribution in [2.75, 3.05) is 13.2 Å². The molecule has 0 aliphatic carbocycles. The summed E-state index contributed by atoms with van der Waals surface area (Å²) in [7, 11) is 0. The van der Waals surface area contributed by atoms with Crippen molar-refractivity contribution in [1.29, 1.82) is 0 Å². The molecule has 0 heterocycles. The van der Waals surface area contributed by atoms with Crippen LogP contribution < -0.4 is 0 Å². The summed E-state index contributed by atoms with van der Waals surface area (Å²) < 4.78 is 16.8. The topological polar surface area (TPSA) is 78.9 Å². The number of hydrogen-bond acceptors (Lipinski definition) is 6. The lowest BCUT2D eigenvalue weighted by Gasteiger charge is -2.18. The molecule has 0 aliphatic rings. The van der Waals surface area contributed by atoms with Crippen LogP contribution in [0.4, 0.5) is 0 Å². The van der Waals surface area contributed by atoms with E-state index in [1.165, 1.54) is 148 Å². The van der Waals surface area contributed by atoms with Crippen LogP contribution in [0.2, 0.25) is 0 Å². The molecule has 0 fully saturated rings. The summed E-state index contributed by atoms with van der Waals surface area (Å²) in [6, 6.07) is 0. The molecule has 0 aromatic rings. The quantitative estimate of drug-likeness (QED) is 0.0199. The molecular weight excluding hydrogens is 865 g/mol. The zero-order valence-electron chi connectivity index (χ0n) is 45.8. The molecule has 0 radical (unpaired) electrons. The molecule has 400 valence electrons. The van der Waals surface area contributed by atoms with Crippen LogP contribution in [-0.4, -0.2) is 37.2 Å². The van der Waals surface area contributed by atoms with Gasteiger partial charge in [0.05, 0.1) is 0 Å². The summed E-state index contributed by atoms with van der Waals surface area (Å²) in [6.45, 7) is 6.45. The molecule has 0 amide bonds. The largest absolute Gasteiger partial charge is 0.462 e. The average molecular weight is 974 g/mol. The van der Waals surface area contributed by atoms with E-state index in [1.807, 2.05) is 60.8 Å². The van der Waals surface area contributed by atoms with Crippen LogP contribution in [0, 0.1) is 0 Å². The number of carbonyl (C=O) groups is 3. The summed E-state index contributed by atoms with van der Waals surface area (Å²) >= 11 is 0. The van der Waals surface area contributed by atoms with Gasteiger partial charge in [-0.1, -0.05) is 279 Å². The van der Waals surface area contributed by atoms with Gasteiger partial charge in [0, 0.05) is 19.3 Å². The second-order valence-electron chi connectivity index (χ2n) is 19.3. The van der Waals surface area contributed by atoms with Gasteiger partial charge < -0.3 is 14.2 Å². The highest BCUT2D eigenvalue weighted by molar-refractivity contribution is 5.71. The molecule has 0 aliphatic heterocycles. The molecule has 0 spiro atoms. The molecule has 6 nitrogen and oxygen atoms in total. The van der Waals surface area contributed by atoms with Crippen LogP contribution in [-0.2, 0) is 28.6 Å². The first kappa shape index (κ1) is 66.3. The molecule has 0 aromatic carbocycles. The Balaban J connectivity index is 4.47. The van der Waals surface area contributed by atoms with Crippen LogP contribution in [0.15, 0.2) is 97.2 Å². The van der Waals surface area contributed by atoms with E-state index in [4.69, 9.17) is 14.2 Å². The number of ether oxygens (including phenoxy) is 3. The fraction of sp³-hybridized carbons (Fsp3) is 0.703. The molecule has 70 heavy (non-hydrogen) atoms. The number of hydrogen-bond donors (Lipinski definition) is 0. The standard InChI is InChI=1S/C64H108O6/c1-4-7-10-13-16-19-22-25-28-31-34-36-39-42-45-48-51-54-57-63(66)69-60-61(70-64(67)58-55-52-49-46-43-40-37-33-30-27-24-21-18-15-12-9-6-3)59-68-62(65)56-53-50-47-44-41-38-35-32-29-26-23-20-17-14-11-8-5-2/h9,12,15,17-18,20-21,24,26-27,29-30,33,37,40,43,61H,4-8,10-11,13-14,16,19,22-23,25,28,31-32,34-36,38-39,41-42,44-60H2,1-3H3/b12-9-,18-15-,20-17-,24-21-,29-26-,30-27-,37-33+,43-40-. The van der Waals surface area contributed by atoms with Gasteiger partial charge in [0.2, 0.25) is 0 Å². The van der Waals surface area contributed by atoms with Crippen molar-refractivity contribution in [2.24, 2.45) is 0 Å². The van der Waals surface area contributed by atoms with E-state index in [1.54, 1.807) is 0 Å². The highest BCUT2D eigenvalue weighted by atomic mass is 16.6. The van der Waals surface area contributed by atoms with Gasteiger partial charge in [-0.25, -0.2) is 0 Å². The molecule has 0 bridgehead atoms. The zero-order valence-corrected chi connectivity index (χ0v) is 45.8. The smallest absolute Gasteiger partial charge is 0.306 e. The van der Waals surface area contributed by atoms with Gasteiger partial charge in [-0.3, -0.25) is 14.4 Å². The second kappa shape index (κ2) is 57.9. The molecule has 0 saturated carbocycles. The third kappa shape index (κ3) is 55.3. The molecule has 1 unspecified atom stereocenters. The number of allylic oxidation sites excluding steroid dienone is 16. The van der Waals surface area contributed by atoms with Gasteiger partial charge in [-0.2, -0.15) is 0 Å². The van der Waals surface area contributed by atoms with Crippen molar-refractivity contribution in [3.05, 3.63) is 97.2 Å². The minimum atomic E-state index is -0.804. The van der Waals surface area contributed by atoms with Gasteiger partial charge in [0.15, 0.2) is 6.10 Å².